The number of amides is 1. The van der Waals surface area contributed by atoms with E-state index in [0.717, 1.165) is 25.1 Å². The van der Waals surface area contributed by atoms with E-state index in [-0.39, 0.29) is 0 Å². The second-order valence-corrected chi connectivity index (χ2v) is 4.22. The van der Waals surface area contributed by atoms with Gasteiger partial charge in [0.1, 0.15) is 0 Å². The number of likely N-dealkylation sites (tertiary alicyclic amines) is 1. The number of methoxy groups -OCH3 is 1. The number of hydrogen-bond acceptors (Lipinski definition) is 4. The number of carboxylic acid groups (broad SMARTS) is 1. The van der Waals surface area contributed by atoms with E-state index in [9.17, 15) is 4.79 Å². The number of carbonyl (C=O) groups is 1. The van der Waals surface area contributed by atoms with Gasteiger partial charge < -0.3 is 9.84 Å². The Bertz CT molecular complexity index is 298. The first-order valence-electron chi connectivity index (χ1n) is 5.50. The van der Waals surface area contributed by atoms with Crippen LogP contribution in [-0.4, -0.2) is 66.2 Å². The zero-order chi connectivity index (χ0) is 11.5. The van der Waals surface area contributed by atoms with Crippen molar-refractivity contribution < 1.29 is 14.6 Å². The van der Waals surface area contributed by atoms with Gasteiger partial charge in [-0.3, -0.25) is 9.91 Å². The average Bonchev–Trinajstić information content (AvgIpc) is 2.58. The van der Waals surface area contributed by atoms with Crippen LogP contribution in [0, 0.1) is 0 Å². The number of rotatable bonds is 3. The van der Waals surface area contributed by atoms with E-state index in [1.54, 1.807) is 7.11 Å². The SMILES string of the molecule is COCC1CCCN1N=C1CN(C(=O)O)C1. The monoisotopic (exact) mass is 227 g/mol. The summed E-state index contributed by atoms with van der Waals surface area (Å²) < 4.78 is 5.13. The summed E-state index contributed by atoms with van der Waals surface area (Å²) in [7, 11) is 1.69. The molecule has 0 saturated carbocycles. The second-order valence-electron chi connectivity index (χ2n) is 4.22. The summed E-state index contributed by atoms with van der Waals surface area (Å²) in [4.78, 5) is 11.9. The third-order valence-corrected chi connectivity index (χ3v) is 2.99. The van der Waals surface area contributed by atoms with Crippen LogP contribution in [0.4, 0.5) is 4.79 Å². The summed E-state index contributed by atoms with van der Waals surface area (Å²) in [6.07, 6.45) is 1.37. The van der Waals surface area contributed by atoms with Crippen LogP contribution in [0.3, 0.4) is 0 Å². The molecule has 2 fully saturated rings. The van der Waals surface area contributed by atoms with E-state index in [0.29, 0.717) is 25.7 Å². The third kappa shape index (κ3) is 2.27. The van der Waals surface area contributed by atoms with E-state index in [1.165, 1.54) is 4.90 Å². The van der Waals surface area contributed by atoms with Crippen LogP contribution in [0.1, 0.15) is 12.8 Å². The minimum Gasteiger partial charge on any atom is -0.465 e. The summed E-state index contributed by atoms with van der Waals surface area (Å²) in [5.41, 5.74) is 0.949. The van der Waals surface area contributed by atoms with Gasteiger partial charge in [-0.25, -0.2) is 4.79 Å². The molecule has 0 aliphatic carbocycles. The molecule has 2 rings (SSSR count). The Morgan fingerprint density at radius 2 is 2.38 bits per heavy atom. The average molecular weight is 227 g/mol. The van der Waals surface area contributed by atoms with E-state index < -0.39 is 6.09 Å². The fourth-order valence-corrected chi connectivity index (χ4v) is 2.09. The Hall–Kier alpha value is -1.30. The quantitative estimate of drug-likeness (QED) is 0.760. The molecule has 2 aliphatic rings. The molecule has 1 N–H and O–H groups in total. The number of hydrogen-bond donors (Lipinski definition) is 1. The summed E-state index contributed by atoms with van der Waals surface area (Å²) in [6.45, 7) is 2.54. The molecule has 2 saturated heterocycles. The smallest absolute Gasteiger partial charge is 0.407 e. The summed E-state index contributed by atoms with van der Waals surface area (Å²) in [5, 5.41) is 15.2. The maximum atomic E-state index is 10.6. The van der Waals surface area contributed by atoms with Crippen molar-refractivity contribution >= 4 is 11.8 Å². The van der Waals surface area contributed by atoms with Crippen LogP contribution in [0.15, 0.2) is 5.10 Å². The lowest BCUT2D eigenvalue weighted by molar-refractivity contribution is 0.115. The third-order valence-electron chi connectivity index (χ3n) is 2.99. The highest BCUT2D eigenvalue weighted by Crippen LogP contribution is 2.19. The molecule has 2 aliphatic heterocycles. The lowest BCUT2D eigenvalue weighted by Gasteiger charge is -2.32. The van der Waals surface area contributed by atoms with E-state index >= 15 is 0 Å². The lowest BCUT2D eigenvalue weighted by Crippen LogP contribution is -2.51. The molecular formula is C10H17N3O3. The largest absolute Gasteiger partial charge is 0.465 e. The van der Waals surface area contributed by atoms with Crippen molar-refractivity contribution in [3.05, 3.63) is 0 Å². The van der Waals surface area contributed by atoms with Crippen molar-refractivity contribution in [1.82, 2.24) is 9.91 Å². The molecule has 90 valence electrons. The summed E-state index contributed by atoms with van der Waals surface area (Å²) >= 11 is 0. The maximum Gasteiger partial charge on any atom is 0.407 e. The Balaban J connectivity index is 1.85. The van der Waals surface area contributed by atoms with Gasteiger partial charge in [0.05, 0.1) is 31.4 Å². The van der Waals surface area contributed by atoms with E-state index in [1.807, 2.05) is 5.01 Å². The van der Waals surface area contributed by atoms with Gasteiger partial charge in [-0.1, -0.05) is 0 Å². The topological polar surface area (TPSA) is 65.4 Å². The minimum atomic E-state index is -0.867. The Labute approximate surface area is 94.5 Å². The highest BCUT2D eigenvalue weighted by Gasteiger charge is 2.29. The van der Waals surface area contributed by atoms with Gasteiger partial charge in [0, 0.05) is 13.7 Å². The molecule has 1 atom stereocenters. The van der Waals surface area contributed by atoms with Crippen LogP contribution in [0.5, 0.6) is 0 Å². The van der Waals surface area contributed by atoms with Crippen molar-refractivity contribution in [2.75, 3.05) is 33.4 Å². The van der Waals surface area contributed by atoms with Gasteiger partial charge in [0.25, 0.3) is 0 Å². The number of hydrazone groups is 1. The molecule has 0 aromatic carbocycles. The fourth-order valence-electron chi connectivity index (χ4n) is 2.09. The van der Waals surface area contributed by atoms with Gasteiger partial charge in [-0.05, 0) is 12.8 Å². The molecule has 16 heavy (non-hydrogen) atoms. The van der Waals surface area contributed by atoms with Crippen LogP contribution in [0.2, 0.25) is 0 Å². The Morgan fingerprint density at radius 1 is 1.62 bits per heavy atom. The molecule has 6 heteroatoms. The normalized spacial score (nSPS) is 24.6. The maximum absolute atomic E-state index is 10.6. The molecule has 2 heterocycles. The standard InChI is InChI=1S/C10H17N3O3/c1-16-7-9-3-2-4-13(9)11-8-5-12(6-8)10(14)15/h9H,2-7H2,1H3,(H,14,15). The van der Waals surface area contributed by atoms with Crippen molar-refractivity contribution in [1.29, 1.82) is 0 Å². The first-order valence-corrected chi connectivity index (χ1v) is 5.50. The van der Waals surface area contributed by atoms with E-state index in [4.69, 9.17) is 9.84 Å². The summed E-state index contributed by atoms with van der Waals surface area (Å²) in [6, 6.07) is 0.358. The highest BCUT2D eigenvalue weighted by molar-refractivity contribution is 5.97. The zero-order valence-electron chi connectivity index (χ0n) is 9.43. The van der Waals surface area contributed by atoms with E-state index in [2.05, 4.69) is 5.10 Å². The molecule has 1 amide bonds. The molecule has 0 bridgehead atoms. The number of ether oxygens (including phenoxy) is 1. The van der Waals surface area contributed by atoms with Crippen LogP contribution < -0.4 is 0 Å². The highest BCUT2D eigenvalue weighted by atomic mass is 16.5. The van der Waals surface area contributed by atoms with Gasteiger partial charge in [0.2, 0.25) is 0 Å². The zero-order valence-corrected chi connectivity index (χ0v) is 9.43. The molecule has 0 aromatic heterocycles. The molecule has 6 nitrogen and oxygen atoms in total. The molecular weight excluding hydrogens is 210 g/mol. The van der Waals surface area contributed by atoms with Crippen LogP contribution in [-0.2, 0) is 4.74 Å². The van der Waals surface area contributed by atoms with Gasteiger partial charge in [0.15, 0.2) is 0 Å². The van der Waals surface area contributed by atoms with Crippen LogP contribution in [0.25, 0.3) is 0 Å². The lowest BCUT2D eigenvalue weighted by atomic mass is 10.2. The van der Waals surface area contributed by atoms with Crippen molar-refractivity contribution in [3.8, 4) is 0 Å². The molecule has 1 unspecified atom stereocenters. The Morgan fingerprint density at radius 3 is 3.00 bits per heavy atom. The van der Waals surface area contributed by atoms with Crippen molar-refractivity contribution in [3.63, 3.8) is 0 Å². The van der Waals surface area contributed by atoms with Gasteiger partial charge in [-0.15, -0.1) is 0 Å². The van der Waals surface area contributed by atoms with Crippen LogP contribution >= 0.6 is 0 Å². The molecule has 0 spiro atoms. The summed E-state index contributed by atoms with van der Waals surface area (Å²) in [5.74, 6) is 0. The number of nitrogens with zero attached hydrogens (tertiary/aromatic N) is 3. The fraction of sp³-hybridized carbons (Fsp3) is 0.800. The van der Waals surface area contributed by atoms with Gasteiger partial charge in [-0.2, -0.15) is 5.10 Å². The molecule has 0 aromatic rings. The second kappa shape index (κ2) is 4.69. The Kier molecular flexibility index (Phi) is 3.28. The van der Waals surface area contributed by atoms with Crippen molar-refractivity contribution in [2.24, 2.45) is 5.10 Å². The van der Waals surface area contributed by atoms with Crippen molar-refractivity contribution in [2.45, 2.75) is 18.9 Å². The predicted octanol–water partition coefficient (Wildman–Crippen LogP) is 0.447. The molecule has 0 radical (unpaired) electrons. The van der Waals surface area contributed by atoms with Gasteiger partial charge >= 0.3 is 6.09 Å². The predicted molar refractivity (Wildman–Crippen MR) is 58.6 cm³/mol. The first kappa shape index (κ1) is 11.2. The first-order chi connectivity index (χ1) is 7.70. The minimum absolute atomic E-state index is 0.358.